The minimum absolute atomic E-state index is 0.0720. The van der Waals surface area contributed by atoms with Crippen LogP contribution < -0.4 is 0 Å². The van der Waals surface area contributed by atoms with Crippen molar-refractivity contribution in [3.63, 3.8) is 0 Å². The summed E-state index contributed by atoms with van der Waals surface area (Å²) in [5.41, 5.74) is 9.53. The van der Waals surface area contributed by atoms with Gasteiger partial charge in [0.25, 0.3) is 0 Å². The van der Waals surface area contributed by atoms with E-state index in [1.165, 1.54) is 27.8 Å². The van der Waals surface area contributed by atoms with Gasteiger partial charge in [0.05, 0.1) is 6.20 Å². The Morgan fingerprint density at radius 2 is 1.37 bits per heavy atom. The van der Waals surface area contributed by atoms with Crippen molar-refractivity contribution in [3.05, 3.63) is 101 Å². The summed E-state index contributed by atoms with van der Waals surface area (Å²) in [6.07, 6.45) is 1.66. The predicted molar refractivity (Wildman–Crippen MR) is 142 cm³/mol. The zero-order valence-corrected chi connectivity index (χ0v) is 20.2. The Morgan fingerprint density at radius 3 is 2.17 bits per heavy atom. The molecule has 0 saturated heterocycles. The molecule has 35 heavy (non-hydrogen) atoms. The van der Waals surface area contributed by atoms with E-state index in [4.69, 9.17) is 0 Å². The second-order valence-electron chi connectivity index (χ2n) is 8.92. The van der Waals surface area contributed by atoms with Crippen molar-refractivity contribution in [2.75, 3.05) is 0 Å². The van der Waals surface area contributed by atoms with Crippen LogP contribution in [0.5, 0.6) is 5.75 Å². The first-order chi connectivity index (χ1) is 16.9. The van der Waals surface area contributed by atoms with E-state index in [1.54, 1.807) is 12.3 Å². The number of aromatic nitrogens is 2. The molecule has 0 aliphatic rings. The molecule has 172 valence electrons. The third kappa shape index (κ3) is 4.28. The van der Waals surface area contributed by atoms with Crippen LogP contribution in [0.15, 0.2) is 89.2 Å². The highest BCUT2D eigenvalue weighted by molar-refractivity contribution is 5.95. The van der Waals surface area contributed by atoms with Crippen LogP contribution >= 0.6 is 0 Å². The van der Waals surface area contributed by atoms with E-state index >= 15 is 0 Å². The van der Waals surface area contributed by atoms with E-state index in [1.807, 2.05) is 36.4 Å². The average molecular weight is 459 g/mol. The zero-order valence-electron chi connectivity index (χ0n) is 20.2. The lowest BCUT2D eigenvalue weighted by atomic mass is 9.90. The molecule has 0 spiro atoms. The molecule has 5 aromatic rings. The molecule has 1 N–H and O–H groups in total. The third-order valence-corrected chi connectivity index (χ3v) is 6.37. The van der Waals surface area contributed by atoms with Gasteiger partial charge in [-0.3, -0.25) is 0 Å². The Labute approximate surface area is 204 Å². The summed E-state index contributed by atoms with van der Waals surface area (Å²) in [7, 11) is 0. The van der Waals surface area contributed by atoms with Gasteiger partial charge in [-0.1, -0.05) is 66.2 Å². The molecular weight excluding hydrogens is 432 g/mol. The molecule has 5 heteroatoms. The van der Waals surface area contributed by atoms with Crippen LogP contribution in [0.2, 0.25) is 0 Å². The van der Waals surface area contributed by atoms with Crippen LogP contribution in [0, 0.1) is 27.7 Å². The van der Waals surface area contributed by atoms with Crippen molar-refractivity contribution < 1.29 is 5.11 Å². The van der Waals surface area contributed by atoms with E-state index in [0.29, 0.717) is 11.5 Å². The number of rotatable bonds is 4. The monoisotopic (exact) mass is 458 g/mol. The number of hydrogen-bond donors (Lipinski definition) is 1. The van der Waals surface area contributed by atoms with Crippen molar-refractivity contribution >= 4 is 22.3 Å². The van der Waals surface area contributed by atoms with Crippen molar-refractivity contribution in [1.82, 2.24) is 10.2 Å². The van der Waals surface area contributed by atoms with Crippen LogP contribution in [-0.2, 0) is 0 Å². The second kappa shape index (κ2) is 9.11. The Kier molecular flexibility index (Phi) is 5.83. The SMILES string of the molecule is Cc1ccc(C)c(-c2cc(C)c(-c3ccnnc3N=Nc3c(O)ccc4ccccc34)cc2C)c1. The van der Waals surface area contributed by atoms with Crippen LogP contribution in [-0.4, -0.2) is 15.3 Å². The lowest BCUT2D eigenvalue weighted by Gasteiger charge is -2.15. The number of azo groups is 1. The van der Waals surface area contributed by atoms with E-state index in [9.17, 15) is 5.11 Å². The van der Waals surface area contributed by atoms with Gasteiger partial charge in [0.1, 0.15) is 11.4 Å². The van der Waals surface area contributed by atoms with Gasteiger partial charge < -0.3 is 5.11 Å². The first-order valence-corrected chi connectivity index (χ1v) is 11.6. The molecule has 5 rings (SSSR count). The molecule has 0 amide bonds. The summed E-state index contributed by atoms with van der Waals surface area (Å²) in [6.45, 7) is 8.49. The molecule has 0 atom stereocenters. The standard InChI is InChI=1S/C30H26N4O/c1-18-9-10-19(2)25(15-18)27-17-20(3)26(16-21(27)4)24-13-14-31-33-30(24)34-32-29-23-8-6-5-7-22(23)11-12-28(29)35/h5-17,35H,1-4H3. The third-order valence-electron chi connectivity index (χ3n) is 6.37. The molecule has 0 aliphatic heterocycles. The molecule has 0 unspecified atom stereocenters. The number of phenols is 1. The topological polar surface area (TPSA) is 70.7 Å². The normalized spacial score (nSPS) is 11.4. The molecule has 1 heterocycles. The summed E-state index contributed by atoms with van der Waals surface area (Å²) < 4.78 is 0. The molecule has 0 aliphatic carbocycles. The highest BCUT2D eigenvalue weighted by Gasteiger charge is 2.14. The van der Waals surface area contributed by atoms with Gasteiger partial charge in [0.15, 0.2) is 0 Å². The number of aromatic hydroxyl groups is 1. The second-order valence-corrected chi connectivity index (χ2v) is 8.92. The number of nitrogens with zero attached hydrogens (tertiary/aromatic N) is 4. The van der Waals surface area contributed by atoms with E-state index in [-0.39, 0.29) is 5.75 Å². The van der Waals surface area contributed by atoms with Crippen LogP contribution in [0.4, 0.5) is 11.5 Å². The Balaban J connectivity index is 1.60. The largest absolute Gasteiger partial charge is 0.506 e. The molecule has 0 bridgehead atoms. The summed E-state index contributed by atoms with van der Waals surface area (Å²) in [6, 6.07) is 24.1. The average Bonchev–Trinajstić information content (AvgIpc) is 2.86. The summed E-state index contributed by atoms with van der Waals surface area (Å²) in [5, 5.41) is 29.4. The summed E-state index contributed by atoms with van der Waals surface area (Å²) >= 11 is 0. The highest BCUT2D eigenvalue weighted by atomic mass is 16.3. The molecule has 1 aromatic heterocycles. The zero-order chi connectivity index (χ0) is 24.5. The minimum atomic E-state index is 0.0720. The lowest BCUT2D eigenvalue weighted by molar-refractivity contribution is 0.477. The predicted octanol–water partition coefficient (Wildman–Crippen LogP) is 8.32. The van der Waals surface area contributed by atoms with Crippen LogP contribution in [0.25, 0.3) is 33.0 Å². The Bertz CT molecular complexity index is 1600. The molecule has 5 nitrogen and oxygen atoms in total. The first-order valence-electron chi connectivity index (χ1n) is 11.6. The van der Waals surface area contributed by atoms with Crippen LogP contribution in [0.3, 0.4) is 0 Å². The van der Waals surface area contributed by atoms with Gasteiger partial charge in [0.2, 0.25) is 5.82 Å². The van der Waals surface area contributed by atoms with Gasteiger partial charge >= 0.3 is 0 Å². The number of hydrogen-bond acceptors (Lipinski definition) is 5. The molecule has 0 saturated carbocycles. The first kappa shape index (κ1) is 22.4. The molecule has 0 radical (unpaired) electrons. The van der Waals surface area contributed by atoms with E-state index < -0.39 is 0 Å². The van der Waals surface area contributed by atoms with Gasteiger partial charge in [-0.05, 0) is 78.6 Å². The Hall–Kier alpha value is -4.38. The molecule has 4 aromatic carbocycles. The van der Waals surface area contributed by atoms with Crippen molar-refractivity contribution in [2.45, 2.75) is 27.7 Å². The molecular formula is C30H26N4O. The van der Waals surface area contributed by atoms with Gasteiger partial charge in [-0.2, -0.15) is 5.10 Å². The minimum Gasteiger partial charge on any atom is -0.506 e. The molecule has 0 fully saturated rings. The maximum Gasteiger partial charge on any atom is 0.204 e. The summed E-state index contributed by atoms with van der Waals surface area (Å²) in [5.74, 6) is 0.476. The quantitative estimate of drug-likeness (QED) is 0.275. The van der Waals surface area contributed by atoms with Gasteiger partial charge in [-0.25, -0.2) is 0 Å². The number of phenolic OH excluding ortho intramolecular Hbond substituents is 1. The number of benzene rings is 4. The van der Waals surface area contributed by atoms with Gasteiger partial charge in [-0.15, -0.1) is 15.3 Å². The summed E-state index contributed by atoms with van der Waals surface area (Å²) in [4.78, 5) is 0. The smallest absolute Gasteiger partial charge is 0.204 e. The van der Waals surface area contributed by atoms with Crippen molar-refractivity contribution in [3.8, 4) is 28.0 Å². The number of aryl methyl sites for hydroxylation is 4. The van der Waals surface area contributed by atoms with E-state index in [0.717, 1.165) is 27.5 Å². The van der Waals surface area contributed by atoms with Crippen molar-refractivity contribution in [2.24, 2.45) is 10.2 Å². The lowest BCUT2D eigenvalue weighted by Crippen LogP contribution is -1.94. The fraction of sp³-hybridized carbons (Fsp3) is 0.133. The Morgan fingerprint density at radius 1 is 0.657 bits per heavy atom. The van der Waals surface area contributed by atoms with Crippen LogP contribution in [0.1, 0.15) is 22.3 Å². The number of fused-ring (bicyclic) bond motifs is 1. The maximum atomic E-state index is 10.4. The fourth-order valence-corrected chi connectivity index (χ4v) is 4.48. The maximum absolute atomic E-state index is 10.4. The van der Waals surface area contributed by atoms with Gasteiger partial charge in [0, 0.05) is 10.9 Å². The fourth-order valence-electron chi connectivity index (χ4n) is 4.48. The van der Waals surface area contributed by atoms with E-state index in [2.05, 4.69) is 78.5 Å². The highest BCUT2D eigenvalue weighted by Crippen LogP contribution is 2.39. The van der Waals surface area contributed by atoms with Crippen molar-refractivity contribution in [1.29, 1.82) is 0 Å².